The Kier molecular flexibility index (Phi) is 7.86. The molecule has 0 saturated carbocycles. The molecule has 1 fully saturated rings. The summed E-state index contributed by atoms with van der Waals surface area (Å²) in [6, 6.07) is 7.69. The van der Waals surface area contributed by atoms with E-state index in [2.05, 4.69) is 15.2 Å². The number of H-pyrrole nitrogens is 1. The number of hydrogen-bond acceptors (Lipinski definition) is 2. The number of aromatic amines is 1. The minimum atomic E-state index is -4.11. The molecule has 0 aliphatic carbocycles. The highest BCUT2D eigenvalue weighted by molar-refractivity contribution is 5.85. The average molecular weight is 384 g/mol. The number of benzene rings is 1. The molecule has 3 rings (SSSR count). The second-order valence-corrected chi connectivity index (χ2v) is 5.78. The molecule has 0 radical (unpaired) electrons. The van der Waals surface area contributed by atoms with Crippen molar-refractivity contribution in [1.82, 2.24) is 15.2 Å². The molecule has 3 nitrogen and oxygen atoms in total. The number of nitrogens with one attached hydrogen (secondary N) is 2. The molecule has 2 heterocycles. The van der Waals surface area contributed by atoms with E-state index >= 15 is 0 Å². The molecule has 1 saturated heterocycles. The number of halogens is 5. The van der Waals surface area contributed by atoms with Crippen molar-refractivity contribution in [2.45, 2.75) is 25.1 Å². The first-order valence-corrected chi connectivity index (χ1v) is 7.61. The van der Waals surface area contributed by atoms with Crippen LogP contribution in [0.5, 0.6) is 0 Å². The predicted molar refractivity (Wildman–Crippen MR) is 95.3 cm³/mol. The van der Waals surface area contributed by atoms with Gasteiger partial charge >= 0.3 is 6.18 Å². The molecule has 1 aromatic carbocycles. The summed E-state index contributed by atoms with van der Waals surface area (Å²) in [6.45, 7) is 3.23. The molecule has 2 aromatic rings. The summed E-state index contributed by atoms with van der Waals surface area (Å²) in [4.78, 5) is 5.28. The van der Waals surface area contributed by atoms with Gasteiger partial charge in [-0.3, -0.25) is 4.90 Å². The van der Waals surface area contributed by atoms with Crippen LogP contribution in [0.3, 0.4) is 0 Å². The maximum Gasteiger partial charge on any atom is 0.389 e. The lowest BCUT2D eigenvalue weighted by atomic mass is 9.98. The molecule has 1 aliphatic heterocycles. The lowest BCUT2D eigenvalue weighted by Crippen LogP contribution is -2.45. The van der Waals surface area contributed by atoms with Gasteiger partial charge in [0.25, 0.3) is 0 Å². The van der Waals surface area contributed by atoms with Crippen LogP contribution in [0.25, 0.3) is 10.9 Å². The highest BCUT2D eigenvalue weighted by Gasteiger charge is 2.31. The first-order valence-electron chi connectivity index (χ1n) is 7.61. The average Bonchev–Trinajstić information content (AvgIpc) is 2.95. The van der Waals surface area contributed by atoms with Gasteiger partial charge in [-0.15, -0.1) is 24.8 Å². The molecule has 1 atom stereocenters. The number of nitrogens with zero attached hydrogens (tertiary/aromatic N) is 1. The zero-order valence-electron chi connectivity index (χ0n) is 13.1. The zero-order chi connectivity index (χ0) is 15.6. The molecule has 24 heavy (non-hydrogen) atoms. The second kappa shape index (κ2) is 8.94. The van der Waals surface area contributed by atoms with Gasteiger partial charge < -0.3 is 10.3 Å². The number of rotatable bonds is 4. The van der Waals surface area contributed by atoms with E-state index in [0.29, 0.717) is 0 Å². The van der Waals surface area contributed by atoms with Gasteiger partial charge in [0.2, 0.25) is 0 Å². The third-order valence-electron chi connectivity index (χ3n) is 4.26. The van der Waals surface area contributed by atoms with E-state index in [1.807, 2.05) is 30.5 Å². The molecular weight excluding hydrogens is 362 g/mol. The van der Waals surface area contributed by atoms with E-state index in [0.717, 1.165) is 42.6 Å². The molecule has 0 spiro atoms. The standard InChI is InChI=1S/C16H20F3N3.2ClH/c17-16(18,19)5-3-15(22-9-7-20-8-10-22)13-1-2-14-12(11-13)4-6-21-14;;/h1-2,4,6,11,15,20-21H,3,5,7-10H2;2*1H/t15-;;/m1../s1. The molecule has 0 bridgehead atoms. The van der Waals surface area contributed by atoms with Gasteiger partial charge in [0.15, 0.2) is 0 Å². The first kappa shape index (κ1) is 21.1. The van der Waals surface area contributed by atoms with E-state index in [9.17, 15) is 13.2 Å². The Morgan fingerprint density at radius 1 is 1.08 bits per heavy atom. The van der Waals surface area contributed by atoms with Crippen LogP contribution >= 0.6 is 24.8 Å². The van der Waals surface area contributed by atoms with E-state index in [4.69, 9.17) is 0 Å². The normalized spacial score (nSPS) is 17.1. The number of alkyl halides is 3. The summed E-state index contributed by atoms with van der Waals surface area (Å²) < 4.78 is 38.0. The van der Waals surface area contributed by atoms with Crippen LogP contribution in [0.15, 0.2) is 30.5 Å². The van der Waals surface area contributed by atoms with Gasteiger partial charge in [0.05, 0.1) is 0 Å². The minimum absolute atomic E-state index is 0. The molecule has 1 aromatic heterocycles. The van der Waals surface area contributed by atoms with Crippen LogP contribution in [0, 0.1) is 0 Å². The fraction of sp³-hybridized carbons (Fsp3) is 0.500. The maximum atomic E-state index is 12.7. The summed E-state index contributed by atoms with van der Waals surface area (Å²) in [6.07, 6.45) is -2.89. The van der Waals surface area contributed by atoms with Crippen LogP contribution < -0.4 is 5.32 Å². The van der Waals surface area contributed by atoms with Gasteiger partial charge in [-0.25, -0.2) is 0 Å². The lowest BCUT2D eigenvalue weighted by molar-refractivity contribution is -0.138. The zero-order valence-corrected chi connectivity index (χ0v) is 14.7. The molecule has 1 aliphatic rings. The monoisotopic (exact) mass is 383 g/mol. The summed E-state index contributed by atoms with van der Waals surface area (Å²) in [5.41, 5.74) is 1.98. The Hall–Kier alpha value is -0.950. The van der Waals surface area contributed by atoms with Crippen LogP contribution in [0.4, 0.5) is 13.2 Å². The second-order valence-electron chi connectivity index (χ2n) is 5.78. The third-order valence-corrected chi connectivity index (χ3v) is 4.26. The summed E-state index contributed by atoms with van der Waals surface area (Å²) in [5.74, 6) is 0. The van der Waals surface area contributed by atoms with Crippen LogP contribution in [0.1, 0.15) is 24.4 Å². The van der Waals surface area contributed by atoms with Crippen molar-refractivity contribution in [3.8, 4) is 0 Å². The fourth-order valence-corrected chi connectivity index (χ4v) is 3.13. The van der Waals surface area contributed by atoms with Crippen LogP contribution in [0.2, 0.25) is 0 Å². The number of fused-ring (bicyclic) bond motifs is 1. The quantitative estimate of drug-likeness (QED) is 0.824. The van der Waals surface area contributed by atoms with Gasteiger partial charge in [-0.2, -0.15) is 13.2 Å². The van der Waals surface area contributed by atoms with E-state index in [-0.39, 0.29) is 37.3 Å². The van der Waals surface area contributed by atoms with E-state index in [1.165, 1.54) is 0 Å². The van der Waals surface area contributed by atoms with Crippen molar-refractivity contribution in [3.63, 3.8) is 0 Å². The van der Waals surface area contributed by atoms with E-state index < -0.39 is 12.6 Å². The smallest absolute Gasteiger partial charge is 0.361 e. The van der Waals surface area contributed by atoms with Gasteiger partial charge in [0, 0.05) is 50.4 Å². The Morgan fingerprint density at radius 2 is 1.79 bits per heavy atom. The van der Waals surface area contributed by atoms with Crippen LogP contribution in [-0.2, 0) is 0 Å². The third kappa shape index (κ3) is 5.28. The van der Waals surface area contributed by atoms with Crippen molar-refractivity contribution in [1.29, 1.82) is 0 Å². The SMILES string of the molecule is Cl.Cl.FC(F)(F)CC[C@H](c1ccc2[nH]ccc2c1)N1CCNCC1. The van der Waals surface area contributed by atoms with Crippen LogP contribution in [-0.4, -0.2) is 42.2 Å². The Morgan fingerprint density at radius 3 is 2.46 bits per heavy atom. The molecule has 136 valence electrons. The number of aromatic nitrogens is 1. The van der Waals surface area contributed by atoms with Gasteiger partial charge in [0.1, 0.15) is 0 Å². The van der Waals surface area contributed by atoms with E-state index in [1.54, 1.807) is 0 Å². The van der Waals surface area contributed by atoms with Crippen molar-refractivity contribution in [2.24, 2.45) is 0 Å². The molecule has 0 amide bonds. The summed E-state index contributed by atoms with van der Waals surface area (Å²) >= 11 is 0. The minimum Gasteiger partial charge on any atom is -0.361 e. The van der Waals surface area contributed by atoms with Crippen molar-refractivity contribution >= 4 is 35.7 Å². The largest absolute Gasteiger partial charge is 0.389 e. The number of hydrogen-bond donors (Lipinski definition) is 2. The fourth-order valence-electron chi connectivity index (χ4n) is 3.13. The van der Waals surface area contributed by atoms with Crippen molar-refractivity contribution < 1.29 is 13.2 Å². The van der Waals surface area contributed by atoms with Crippen molar-refractivity contribution in [3.05, 3.63) is 36.0 Å². The summed E-state index contributed by atoms with van der Waals surface area (Å²) in [7, 11) is 0. The van der Waals surface area contributed by atoms with Crippen molar-refractivity contribution in [2.75, 3.05) is 26.2 Å². The topological polar surface area (TPSA) is 31.1 Å². The molecule has 0 unspecified atom stereocenters. The maximum absolute atomic E-state index is 12.7. The highest BCUT2D eigenvalue weighted by Crippen LogP contribution is 2.32. The first-order chi connectivity index (χ1) is 10.5. The molecular formula is C16H22Cl2F3N3. The molecule has 8 heteroatoms. The molecule has 2 N–H and O–H groups in total. The highest BCUT2D eigenvalue weighted by atomic mass is 35.5. The Labute approximate surface area is 151 Å². The van der Waals surface area contributed by atoms with Gasteiger partial charge in [-0.1, -0.05) is 6.07 Å². The number of piperazine rings is 1. The predicted octanol–water partition coefficient (Wildman–Crippen LogP) is 4.30. The Balaban J connectivity index is 0.00000144. The lowest BCUT2D eigenvalue weighted by Gasteiger charge is -2.35. The Bertz CT molecular complexity index is 624. The summed E-state index contributed by atoms with van der Waals surface area (Å²) in [5, 5.41) is 4.30. The van der Waals surface area contributed by atoms with Gasteiger partial charge in [-0.05, 0) is 35.6 Å².